The Balaban J connectivity index is 2.13. The lowest BCUT2D eigenvalue weighted by atomic mass is 9.86. The van der Waals surface area contributed by atoms with Crippen LogP contribution < -0.4 is 15.8 Å². The molecule has 0 aromatic rings. The Bertz CT molecular complexity index is 377. The number of hydrogen-bond donors (Lipinski definition) is 3. The summed E-state index contributed by atoms with van der Waals surface area (Å²) in [5.74, 6) is 0.884. The molecule has 0 aliphatic heterocycles. The molecule has 0 unspecified atom stereocenters. The molecule has 0 aromatic heterocycles. The Hall–Kier alpha value is -0.820. The summed E-state index contributed by atoms with van der Waals surface area (Å²) in [6, 6.07) is 0. The maximum atomic E-state index is 11.7. The first-order valence-corrected chi connectivity index (χ1v) is 8.70. The molecule has 19 heavy (non-hydrogen) atoms. The number of nitrogens with one attached hydrogen (secondary N) is 2. The number of sulfonamides is 1. The second kappa shape index (κ2) is 8.37. The molecule has 0 aromatic carbocycles. The number of rotatable bonds is 9. The van der Waals surface area contributed by atoms with Crippen LogP contribution in [0.3, 0.4) is 0 Å². The van der Waals surface area contributed by atoms with E-state index in [1.54, 1.807) is 0 Å². The van der Waals surface area contributed by atoms with Crippen LogP contribution in [0.15, 0.2) is 4.99 Å². The maximum Gasteiger partial charge on any atom is 0.213 e. The van der Waals surface area contributed by atoms with Crippen molar-refractivity contribution >= 4 is 16.0 Å². The van der Waals surface area contributed by atoms with Gasteiger partial charge in [0.25, 0.3) is 0 Å². The van der Waals surface area contributed by atoms with Crippen LogP contribution in [0.2, 0.25) is 0 Å². The standard InChI is InChI=1S/C12H26N4O2S/c1-2-3-7-14-12(13)15-8-9-19(17,18)16-10-11-5-4-6-11/h11,16H,2-10H2,1H3,(H3,13,14,15). The monoisotopic (exact) mass is 290 g/mol. The van der Waals surface area contributed by atoms with E-state index in [9.17, 15) is 8.42 Å². The molecule has 0 radical (unpaired) electrons. The van der Waals surface area contributed by atoms with Crippen molar-refractivity contribution in [3.63, 3.8) is 0 Å². The molecule has 0 heterocycles. The van der Waals surface area contributed by atoms with Gasteiger partial charge in [-0.05, 0) is 25.2 Å². The normalized spacial score (nSPS) is 17.2. The van der Waals surface area contributed by atoms with E-state index in [2.05, 4.69) is 22.0 Å². The Morgan fingerprint density at radius 2 is 2.16 bits per heavy atom. The molecule has 1 aliphatic carbocycles. The summed E-state index contributed by atoms with van der Waals surface area (Å²) in [5, 5.41) is 2.82. The second-order valence-electron chi connectivity index (χ2n) is 5.01. The highest BCUT2D eigenvalue weighted by molar-refractivity contribution is 7.89. The van der Waals surface area contributed by atoms with Crippen LogP contribution in [0.4, 0.5) is 0 Å². The van der Waals surface area contributed by atoms with Crippen molar-refractivity contribution in [1.82, 2.24) is 10.0 Å². The Morgan fingerprint density at radius 3 is 2.74 bits per heavy atom. The minimum absolute atomic E-state index is 0.0315. The second-order valence-corrected chi connectivity index (χ2v) is 6.94. The lowest BCUT2D eigenvalue weighted by molar-refractivity contribution is 0.316. The molecule has 1 rings (SSSR count). The Morgan fingerprint density at radius 1 is 1.42 bits per heavy atom. The highest BCUT2D eigenvalue weighted by atomic mass is 32.2. The van der Waals surface area contributed by atoms with Crippen molar-refractivity contribution in [3.05, 3.63) is 0 Å². The number of unbranched alkanes of at least 4 members (excludes halogenated alkanes) is 1. The predicted octanol–water partition coefficient (Wildman–Crippen LogP) is 0.410. The van der Waals surface area contributed by atoms with E-state index in [0.717, 1.165) is 25.7 Å². The van der Waals surface area contributed by atoms with Gasteiger partial charge in [0.1, 0.15) is 0 Å². The van der Waals surface area contributed by atoms with Gasteiger partial charge >= 0.3 is 0 Å². The largest absolute Gasteiger partial charge is 0.370 e. The van der Waals surface area contributed by atoms with Crippen molar-refractivity contribution in [3.8, 4) is 0 Å². The molecule has 0 saturated heterocycles. The third kappa shape index (κ3) is 7.37. The van der Waals surface area contributed by atoms with E-state index in [1.807, 2.05) is 0 Å². The number of nitrogens with two attached hydrogens (primary N) is 1. The van der Waals surface area contributed by atoms with E-state index in [0.29, 0.717) is 31.5 Å². The SMILES string of the molecule is CCCCN=C(N)NCCS(=O)(=O)NCC1CCC1. The van der Waals surface area contributed by atoms with Crippen molar-refractivity contribution in [2.45, 2.75) is 39.0 Å². The first-order chi connectivity index (χ1) is 9.03. The quantitative estimate of drug-likeness (QED) is 0.325. The van der Waals surface area contributed by atoms with Crippen LogP contribution in [0.5, 0.6) is 0 Å². The molecule has 0 atom stereocenters. The van der Waals surface area contributed by atoms with Crippen molar-refractivity contribution in [2.75, 3.05) is 25.4 Å². The molecule has 6 nitrogen and oxygen atoms in total. The van der Waals surface area contributed by atoms with Crippen LogP contribution in [-0.4, -0.2) is 39.8 Å². The van der Waals surface area contributed by atoms with Gasteiger partial charge in [0, 0.05) is 19.6 Å². The fourth-order valence-electron chi connectivity index (χ4n) is 1.74. The molecule has 0 spiro atoms. The molecule has 1 fully saturated rings. The highest BCUT2D eigenvalue weighted by Gasteiger charge is 2.19. The van der Waals surface area contributed by atoms with Gasteiger partial charge in [-0.25, -0.2) is 13.1 Å². The molecular formula is C12H26N4O2S. The number of hydrogen-bond acceptors (Lipinski definition) is 3. The first kappa shape index (κ1) is 16.2. The van der Waals surface area contributed by atoms with Crippen LogP contribution in [0.1, 0.15) is 39.0 Å². The molecular weight excluding hydrogens is 264 g/mol. The van der Waals surface area contributed by atoms with Gasteiger partial charge in [-0.15, -0.1) is 0 Å². The lowest BCUT2D eigenvalue weighted by Crippen LogP contribution is -2.39. The molecule has 1 aliphatic rings. The van der Waals surface area contributed by atoms with Crippen LogP contribution in [0.25, 0.3) is 0 Å². The summed E-state index contributed by atoms with van der Waals surface area (Å²) in [6.45, 7) is 3.63. The number of nitrogens with zero attached hydrogens (tertiary/aromatic N) is 1. The van der Waals surface area contributed by atoms with E-state index in [4.69, 9.17) is 5.73 Å². The molecule has 112 valence electrons. The Kier molecular flexibility index (Phi) is 7.15. The first-order valence-electron chi connectivity index (χ1n) is 7.04. The predicted molar refractivity (Wildman–Crippen MR) is 78.5 cm³/mol. The minimum atomic E-state index is -3.20. The maximum absolute atomic E-state index is 11.7. The smallest absolute Gasteiger partial charge is 0.213 e. The highest BCUT2D eigenvalue weighted by Crippen LogP contribution is 2.25. The fraction of sp³-hybridized carbons (Fsp3) is 0.917. The number of guanidine groups is 1. The van der Waals surface area contributed by atoms with Gasteiger partial charge in [-0.3, -0.25) is 4.99 Å². The molecule has 1 saturated carbocycles. The average Bonchev–Trinajstić information content (AvgIpc) is 2.26. The van der Waals surface area contributed by atoms with Crippen LogP contribution in [0, 0.1) is 5.92 Å². The van der Waals surface area contributed by atoms with Gasteiger partial charge < -0.3 is 11.1 Å². The fourth-order valence-corrected chi connectivity index (χ4v) is 2.75. The van der Waals surface area contributed by atoms with Gasteiger partial charge in [-0.1, -0.05) is 19.8 Å². The van der Waals surface area contributed by atoms with Crippen LogP contribution >= 0.6 is 0 Å². The molecule has 0 bridgehead atoms. The van der Waals surface area contributed by atoms with E-state index < -0.39 is 10.0 Å². The average molecular weight is 290 g/mol. The van der Waals surface area contributed by atoms with Crippen molar-refractivity contribution in [2.24, 2.45) is 16.6 Å². The topological polar surface area (TPSA) is 96.6 Å². The third-order valence-electron chi connectivity index (χ3n) is 3.29. The van der Waals surface area contributed by atoms with E-state index >= 15 is 0 Å². The third-order valence-corrected chi connectivity index (χ3v) is 4.64. The lowest BCUT2D eigenvalue weighted by Gasteiger charge is -2.25. The zero-order valence-electron chi connectivity index (χ0n) is 11.7. The van der Waals surface area contributed by atoms with Crippen molar-refractivity contribution in [1.29, 1.82) is 0 Å². The summed E-state index contributed by atoms with van der Waals surface area (Å²) in [7, 11) is -3.20. The molecule has 4 N–H and O–H groups in total. The zero-order valence-corrected chi connectivity index (χ0v) is 12.5. The summed E-state index contributed by atoms with van der Waals surface area (Å²) in [4.78, 5) is 4.10. The summed E-state index contributed by atoms with van der Waals surface area (Å²) in [5.41, 5.74) is 5.62. The summed E-state index contributed by atoms with van der Waals surface area (Å²) < 4.78 is 26.0. The summed E-state index contributed by atoms with van der Waals surface area (Å²) in [6.07, 6.45) is 5.55. The van der Waals surface area contributed by atoms with Gasteiger partial charge in [-0.2, -0.15) is 0 Å². The van der Waals surface area contributed by atoms with Gasteiger partial charge in [0.15, 0.2) is 5.96 Å². The van der Waals surface area contributed by atoms with Crippen molar-refractivity contribution < 1.29 is 8.42 Å². The number of aliphatic imine (C=N–C) groups is 1. The van der Waals surface area contributed by atoms with Gasteiger partial charge in [0.2, 0.25) is 10.0 Å². The minimum Gasteiger partial charge on any atom is -0.370 e. The Labute approximate surface area is 116 Å². The van der Waals surface area contributed by atoms with E-state index in [-0.39, 0.29) is 5.75 Å². The molecule has 7 heteroatoms. The van der Waals surface area contributed by atoms with Gasteiger partial charge in [0.05, 0.1) is 5.75 Å². The summed E-state index contributed by atoms with van der Waals surface area (Å²) >= 11 is 0. The molecule has 0 amide bonds. The zero-order chi connectivity index (χ0) is 14.1. The van der Waals surface area contributed by atoms with Crippen LogP contribution in [-0.2, 0) is 10.0 Å². The van der Waals surface area contributed by atoms with E-state index in [1.165, 1.54) is 6.42 Å².